The van der Waals surface area contributed by atoms with Crippen LogP contribution in [-0.4, -0.2) is 74.8 Å². The average molecular weight is 1510 g/mol. The number of aryl methyl sites for hydroxylation is 4. The topological polar surface area (TPSA) is 114 Å². The first-order valence-corrected chi connectivity index (χ1v) is 44.8. The Morgan fingerprint density at radius 1 is 0.227 bits per heavy atom. The number of fused-ring (bicyclic) bond motifs is 2. The van der Waals surface area contributed by atoms with Crippen LogP contribution in [-0.2, 0) is 45.9 Å². The van der Waals surface area contributed by atoms with E-state index in [9.17, 15) is 25.9 Å². The summed E-state index contributed by atoms with van der Waals surface area (Å²) in [6.45, 7) is 9.12. The van der Waals surface area contributed by atoms with Gasteiger partial charge in [-0.1, -0.05) is 436 Å². The maximum atomic E-state index is 12.3. The van der Waals surface area contributed by atoms with Crippen molar-refractivity contribution >= 4 is 90.7 Å². The van der Waals surface area contributed by atoms with Crippen LogP contribution in [0.4, 0.5) is 0 Å². The third kappa shape index (κ3) is 47.7. The summed E-state index contributed by atoms with van der Waals surface area (Å²) in [5.41, 5.74) is 4.36. The molecule has 0 bridgehead atoms. The van der Waals surface area contributed by atoms with Gasteiger partial charge in [-0.15, -0.1) is 0 Å². The van der Waals surface area contributed by atoms with E-state index in [-0.39, 0.29) is 58.7 Å². The first-order chi connectivity index (χ1) is 46.9. The van der Waals surface area contributed by atoms with E-state index >= 15 is 0 Å². The summed E-state index contributed by atoms with van der Waals surface area (Å²) in [6, 6.07) is 19.4. The molecule has 0 aromatic heterocycles. The van der Waals surface area contributed by atoms with E-state index in [4.69, 9.17) is 0 Å². The molecule has 0 saturated heterocycles. The van der Waals surface area contributed by atoms with Crippen LogP contribution in [0.25, 0.3) is 21.5 Å². The quantitative estimate of drug-likeness (QED) is 0.0247. The summed E-state index contributed by atoms with van der Waals surface area (Å²) >= 11 is 0. The Labute approximate surface area is 642 Å². The van der Waals surface area contributed by atoms with E-state index in [1.807, 2.05) is 24.3 Å². The molecular formula is C88H150BaO6S2. The van der Waals surface area contributed by atoms with Crippen molar-refractivity contribution in [3.63, 3.8) is 0 Å². The van der Waals surface area contributed by atoms with Gasteiger partial charge in [0, 0.05) is 0 Å². The van der Waals surface area contributed by atoms with Gasteiger partial charge < -0.3 is 9.11 Å². The van der Waals surface area contributed by atoms with E-state index in [1.54, 1.807) is 12.1 Å². The molecule has 0 saturated carbocycles. The van der Waals surface area contributed by atoms with Crippen molar-refractivity contribution in [3.8, 4) is 0 Å². The number of hydrogen-bond donors (Lipinski definition) is 0. The van der Waals surface area contributed by atoms with Crippen molar-refractivity contribution in [2.75, 3.05) is 0 Å². The van der Waals surface area contributed by atoms with Gasteiger partial charge in [0.1, 0.15) is 20.2 Å². The van der Waals surface area contributed by atoms with Gasteiger partial charge in [0.05, 0.1) is 9.79 Å². The second kappa shape index (κ2) is 63.3. The molecule has 0 atom stereocenters. The van der Waals surface area contributed by atoms with Gasteiger partial charge in [-0.25, -0.2) is 16.8 Å². The maximum absolute atomic E-state index is 12.3. The van der Waals surface area contributed by atoms with Crippen molar-refractivity contribution in [1.29, 1.82) is 0 Å². The fourth-order valence-corrected chi connectivity index (χ4v) is 16.3. The van der Waals surface area contributed by atoms with Crippen molar-refractivity contribution in [2.24, 2.45) is 0 Å². The maximum Gasteiger partial charge on any atom is 2.00 e. The monoisotopic (exact) mass is 1500 g/mol. The molecular weight excluding hydrogens is 1350 g/mol. The summed E-state index contributed by atoms with van der Waals surface area (Å²) in [7, 11) is -9.06. The molecule has 0 spiro atoms. The Hall–Kier alpha value is -1.21. The molecule has 0 unspecified atom stereocenters. The standard InChI is InChI=1S/2C44H76O3S.Ba/c2*1-3-5-7-9-11-13-15-17-19-21-23-25-27-29-31-34-40-38-43-41(36-33-37-42(43)44(39-40)48(45,46)47)35-32-30-28-26-24-22-20-18-16-14-12-10-8-6-4-2;/h2*33,36-39H,3-32,34-35H2,1-2H3,(H,45,46,47);/q;;+2/p-2. The van der Waals surface area contributed by atoms with Crippen molar-refractivity contribution in [3.05, 3.63) is 82.9 Å². The largest absolute Gasteiger partial charge is 2.00 e. The molecule has 6 nitrogen and oxygen atoms in total. The second-order valence-corrected chi connectivity index (χ2v) is 32.6. The smallest absolute Gasteiger partial charge is 0.744 e. The molecule has 0 amide bonds. The second-order valence-electron chi connectivity index (χ2n) is 29.9. The molecule has 4 rings (SSSR count). The molecule has 97 heavy (non-hydrogen) atoms. The van der Waals surface area contributed by atoms with Crippen LogP contribution in [0.1, 0.15) is 435 Å². The van der Waals surface area contributed by atoms with E-state index < -0.39 is 20.2 Å². The molecule has 0 aliphatic rings. The zero-order valence-corrected chi connectivity index (χ0v) is 70.1. The van der Waals surface area contributed by atoms with Crippen LogP contribution < -0.4 is 0 Å². The predicted molar refractivity (Wildman–Crippen MR) is 424 cm³/mol. The van der Waals surface area contributed by atoms with Crippen LogP contribution in [0.2, 0.25) is 0 Å². The molecule has 4 aromatic carbocycles. The molecule has 4 aromatic rings. The Kier molecular flexibility index (Phi) is 59.9. The summed E-state index contributed by atoms with van der Waals surface area (Å²) in [5.74, 6) is 0. The Balaban J connectivity index is 0.000000653. The zero-order valence-electron chi connectivity index (χ0n) is 64.0. The summed E-state index contributed by atoms with van der Waals surface area (Å²) in [4.78, 5) is -0.0661. The number of benzene rings is 4. The minimum absolute atomic E-state index is 0. The van der Waals surface area contributed by atoms with Gasteiger partial charge in [0.25, 0.3) is 0 Å². The third-order valence-electron chi connectivity index (χ3n) is 21.0. The molecule has 0 aliphatic carbocycles. The van der Waals surface area contributed by atoms with Crippen molar-refractivity contribution in [2.45, 2.75) is 448 Å². The Morgan fingerprint density at radius 2 is 0.402 bits per heavy atom. The Morgan fingerprint density at radius 3 is 0.588 bits per heavy atom. The Bertz CT molecular complexity index is 2500. The fraction of sp³-hybridized carbons (Fsp3) is 0.773. The molecule has 0 N–H and O–H groups in total. The molecule has 0 radical (unpaired) electrons. The summed E-state index contributed by atoms with van der Waals surface area (Å²) in [5, 5.41) is 3.14. The van der Waals surface area contributed by atoms with E-state index in [1.165, 1.54) is 358 Å². The van der Waals surface area contributed by atoms with Gasteiger partial charge in [-0.05, 0) is 107 Å². The number of unbranched alkanes of at least 4 members (excludes halogenated alkanes) is 56. The first kappa shape index (κ1) is 91.9. The van der Waals surface area contributed by atoms with Gasteiger partial charge in [-0.2, -0.15) is 0 Å². The SMILES string of the molecule is CCCCCCCCCCCCCCCCCc1cc(S(=O)(=O)[O-])c2cccc(CCCCCCCCCCCCCCCCC)c2c1.CCCCCCCCCCCCCCCCCc1cc(S(=O)(=O)[O-])c2cccc(CCCCCCCCCCCCCCCCC)c2c1.[Ba+2]. The van der Waals surface area contributed by atoms with Crippen molar-refractivity contribution < 1.29 is 25.9 Å². The summed E-state index contributed by atoms with van der Waals surface area (Å²) in [6.07, 6.45) is 84.0. The first-order valence-electron chi connectivity index (χ1n) is 41.9. The van der Waals surface area contributed by atoms with Crippen LogP contribution in [0.5, 0.6) is 0 Å². The van der Waals surface area contributed by atoms with Crippen LogP contribution >= 0.6 is 0 Å². The predicted octanol–water partition coefficient (Wildman–Crippen LogP) is 28.8. The molecule has 9 heteroatoms. The molecule has 0 aliphatic heterocycles. The average Bonchev–Trinajstić information content (AvgIpc) is 0.797. The van der Waals surface area contributed by atoms with E-state index in [0.717, 1.165) is 86.1 Å². The van der Waals surface area contributed by atoms with Gasteiger partial charge in [0.15, 0.2) is 0 Å². The third-order valence-corrected chi connectivity index (χ3v) is 22.7. The van der Waals surface area contributed by atoms with E-state index in [2.05, 4.69) is 52.0 Å². The number of rotatable bonds is 66. The van der Waals surface area contributed by atoms with E-state index in [0.29, 0.717) is 10.8 Å². The van der Waals surface area contributed by atoms with Crippen LogP contribution in [0.15, 0.2) is 70.5 Å². The van der Waals surface area contributed by atoms with Crippen LogP contribution in [0.3, 0.4) is 0 Å². The normalized spacial score (nSPS) is 11.9. The van der Waals surface area contributed by atoms with Crippen LogP contribution in [0, 0.1) is 0 Å². The molecule has 0 heterocycles. The minimum Gasteiger partial charge on any atom is -0.744 e. The van der Waals surface area contributed by atoms with Crippen molar-refractivity contribution in [1.82, 2.24) is 0 Å². The van der Waals surface area contributed by atoms with Gasteiger partial charge >= 0.3 is 48.9 Å². The minimum atomic E-state index is -4.53. The molecule has 0 fully saturated rings. The number of hydrogen-bond acceptors (Lipinski definition) is 6. The van der Waals surface area contributed by atoms with Gasteiger partial charge in [-0.3, -0.25) is 0 Å². The summed E-state index contributed by atoms with van der Waals surface area (Å²) < 4.78 is 73.7. The zero-order chi connectivity index (χ0) is 69.1. The molecule has 552 valence electrons. The van der Waals surface area contributed by atoms with Gasteiger partial charge in [0.2, 0.25) is 0 Å². The fourth-order valence-electron chi connectivity index (χ4n) is 14.9.